The molecule has 22 heavy (non-hydrogen) atoms. The number of halogens is 1. The average Bonchev–Trinajstić information content (AvgIpc) is 2.46. The van der Waals surface area contributed by atoms with Crippen LogP contribution in [0.2, 0.25) is 0 Å². The summed E-state index contributed by atoms with van der Waals surface area (Å²) in [6, 6.07) is 7.56. The van der Waals surface area contributed by atoms with Gasteiger partial charge in [-0.2, -0.15) is 0 Å². The van der Waals surface area contributed by atoms with Crippen LogP contribution in [0.1, 0.15) is 13.8 Å². The molecule has 0 radical (unpaired) electrons. The Balaban J connectivity index is 2.32. The number of benzene rings is 1. The van der Waals surface area contributed by atoms with E-state index in [1.807, 2.05) is 36.1 Å². The largest absolute Gasteiger partial charge is 0.492 e. The van der Waals surface area contributed by atoms with E-state index in [0.717, 1.165) is 10.2 Å². The Morgan fingerprint density at radius 2 is 2.09 bits per heavy atom. The van der Waals surface area contributed by atoms with Crippen LogP contribution in [0.15, 0.2) is 28.7 Å². The van der Waals surface area contributed by atoms with Gasteiger partial charge in [-0.05, 0) is 31.7 Å². The molecule has 0 fully saturated rings. The van der Waals surface area contributed by atoms with Gasteiger partial charge in [-0.3, -0.25) is 15.0 Å². The number of hydrogen-bond acceptors (Lipinski definition) is 5. The van der Waals surface area contributed by atoms with Gasteiger partial charge in [0.25, 0.3) is 0 Å². The lowest BCUT2D eigenvalue weighted by Gasteiger charge is -2.19. The summed E-state index contributed by atoms with van der Waals surface area (Å²) in [5, 5.41) is 2.17. The highest BCUT2D eigenvalue weighted by atomic mass is 79.9. The molecule has 0 bridgehead atoms. The minimum atomic E-state index is -0.714. The van der Waals surface area contributed by atoms with E-state index in [0.29, 0.717) is 19.7 Å². The van der Waals surface area contributed by atoms with Crippen LogP contribution in [0.5, 0.6) is 5.75 Å². The molecule has 0 atom stereocenters. The van der Waals surface area contributed by atoms with Crippen LogP contribution in [0.3, 0.4) is 0 Å². The van der Waals surface area contributed by atoms with Gasteiger partial charge in [0.2, 0.25) is 5.91 Å². The van der Waals surface area contributed by atoms with Gasteiger partial charge in [0, 0.05) is 11.0 Å². The van der Waals surface area contributed by atoms with Crippen molar-refractivity contribution in [2.75, 3.05) is 32.8 Å². The van der Waals surface area contributed by atoms with Gasteiger partial charge in [-0.1, -0.05) is 28.9 Å². The van der Waals surface area contributed by atoms with Gasteiger partial charge in [0.1, 0.15) is 12.4 Å². The molecule has 0 aliphatic heterocycles. The van der Waals surface area contributed by atoms with Crippen molar-refractivity contribution in [1.29, 1.82) is 0 Å². The van der Waals surface area contributed by atoms with Crippen molar-refractivity contribution >= 4 is 27.9 Å². The van der Waals surface area contributed by atoms with Crippen LogP contribution >= 0.6 is 15.9 Å². The molecular weight excluding hydrogens is 352 g/mol. The first-order chi connectivity index (χ1) is 10.5. The Bertz CT molecular complexity index is 496. The predicted molar refractivity (Wildman–Crippen MR) is 86.9 cm³/mol. The summed E-state index contributed by atoms with van der Waals surface area (Å²) in [6.07, 6.45) is -0.714. The lowest BCUT2D eigenvalue weighted by Crippen LogP contribution is -2.41. The number of carbonyl (C=O) groups excluding carboxylic acids is 2. The van der Waals surface area contributed by atoms with E-state index in [1.54, 1.807) is 6.92 Å². The van der Waals surface area contributed by atoms with E-state index >= 15 is 0 Å². The number of ether oxygens (including phenoxy) is 2. The van der Waals surface area contributed by atoms with Crippen molar-refractivity contribution < 1.29 is 19.1 Å². The molecule has 0 aromatic heterocycles. The van der Waals surface area contributed by atoms with E-state index in [2.05, 4.69) is 26.0 Å². The first-order valence-corrected chi connectivity index (χ1v) is 7.91. The molecule has 122 valence electrons. The number of alkyl carbamates (subject to hydrolysis) is 1. The maximum Gasteiger partial charge on any atom is 0.413 e. The second kappa shape index (κ2) is 10.2. The zero-order valence-corrected chi connectivity index (χ0v) is 14.4. The molecule has 1 aromatic carbocycles. The molecule has 0 aliphatic carbocycles. The molecule has 6 nitrogen and oxygen atoms in total. The zero-order valence-electron chi connectivity index (χ0n) is 12.8. The molecule has 1 N–H and O–H groups in total. The van der Waals surface area contributed by atoms with Crippen LogP contribution in [0.4, 0.5) is 4.79 Å². The summed E-state index contributed by atoms with van der Waals surface area (Å²) in [6.45, 7) is 5.70. The first kappa shape index (κ1) is 18.4. The van der Waals surface area contributed by atoms with Crippen LogP contribution in [0, 0.1) is 0 Å². The fourth-order valence-electron chi connectivity index (χ4n) is 1.72. The molecule has 0 aliphatic rings. The van der Waals surface area contributed by atoms with Gasteiger partial charge in [0.05, 0.1) is 13.2 Å². The molecule has 1 rings (SSSR count). The van der Waals surface area contributed by atoms with E-state index < -0.39 is 6.09 Å². The molecule has 0 saturated carbocycles. The van der Waals surface area contributed by atoms with Gasteiger partial charge in [-0.25, -0.2) is 4.79 Å². The molecule has 0 saturated heterocycles. The van der Waals surface area contributed by atoms with Crippen molar-refractivity contribution in [3.05, 3.63) is 28.7 Å². The van der Waals surface area contributed by atoms with Crippen LogP contribution in [-0.2, 0) is 9.53 Å². The van der Waals surface area contributed by atoms with Crippen molar-refractivity contribution in [1.82, 2.24) is 10.2 Å². The first-order valence-electron chi connectivity index (χ1n) is 7.12. The Morgan fingerprint density at radius 3 is 2.73 bits per heavy atom. The number of rotatable bonds is 8. The number of nitrogens with one attached hydrogen (secondary N) is 1. The standard InChI is InChI=1S/C15H21BrN2O4/c1-3-18(11-14(19)17-15(20)21-4-2)8-9-22-13-7-5-6-12(16)10-13/h5-7,10H,3-4,8-9,11H2,1-2H3,(H,17,19,20). The number of likely N-dealkylation sites (N-methyl/N-ethyl adjacent to an activating group) is 1. The quantitative estimate of drug-likeness (QED) is 0.758. The van der Waals surface area contributed by atoms with E-state index in [1.165, 1.54) is 0 Å². The normalized spacial score (nSPS) is 10.4. The topological polar surface area (TPSA) is 67.9 Å². The monoisotopic (exact) mass is 372 g/mol. The Hall–Kier alpha value is -1.60. The van der Waals surface area contributed by atoms with Gasteiger partial charge in [-0.15, -0.1) is 0 Å². The maximum absolute atomic E-state index is 11.7. The van der Waals surface area contributed by atoms with Gasteiger partial charge < -0.3 is 9.47 Å². The molecule has 1 aromatic rings. The summed E-state index contributed by atoms with van der Waals surface area (Å²) >= 11 is 3.38. The lowest BCUT2D eigenvalue weighted by molar-refractivity contribution is -0.121. The SMILES string of the molecule is CCOC(=O)NC(=O)CN(CC)CCOc1cccc(Br)c1. The van der Waals surface area contributed by atoms with Crippen molar-refractivity contribution in [2.24, 2.45) is 0 Å². The average molecular weight is 373 g/mol. The zero-order chi connectivity index (χ0) is 16.4. The van der Waals surface area contributed by atoms with Crippen LogP contribution < -0.4 is 10.1 Å². The van der Waals surface area contributed by atoms with Gasteiger partial charge >= 0.3 is 6.09 Å². The van der Waals surface area contributed by atoms with Crippen molar-refractivity contribution in [3.8, 4) is 5.75 Å². The summed E-state index contributed by atoms with van der Waals surface area (Å²) in [4.78, 5) is 24.7. The molecule has 0 spiro atoms. The van der Waals surface area contributed by atoms with Crippen molar-refractivity contribution in [3.63, 3.8) is 0 Å². The second-order valence-electron chi connectivity index (χ2n) is 4.44. The smallest absolute Gasteiger partial charge is 0.413 e. The molecular formula is C15H21BrN2O4. The molecule has 2 amide bonds. The van der Waals surface area contributed by atoms with Gasteiger partial charge in [0.15, 0.2) is 0 Å². The third kappa shape index (κ3) is 7.42. The Labute approximate surface area is 138 Å². The van der Waals surface area contributed by atoms with E-state index in [9.17, 15) is 9.59 Å². The number of amides is 2. The molecule has 0 unspecified atom stereocenters. The maximum atomic E-state index is 11.7. The third-order valence-electron chi connectivity index (χ3n) is 2.80. The summed E-state index contributed by atoms with van der Waals surface area (Å²) in [5.41, 5.74) is 0. The summed E-state index contributed by atoms with van der Waals surface area (Å²) in [7, 11) is 0. The molecule has 0 heterocycles. The highest BCUT2D eigenvalue weighted by Crippen LogP contribution is 2.17. The summed E-state index contributed by atoms with van der Waals surface area (Å²) in [5.74, 6) is 0.379. The molecule has 7 heteroatoms. The summed E-state index contributed by atoms with van der Waals surface area (Å²) < 4.78 is 11.2. The Morgan fingerprint density at radius 1 is 1.32 bits per heavy atom. The van der Waals surface area contributed by atoms with E-state index in [4.69, 9.17) is 4.74 Å². The van der Waals surface area contributed by atoms with Crippen LogP contribution in [0.25, 0.3) is 0 Å². The minimum Gasteiger partial charge on any atom is -0.492 e. The fourth-order valence-corrected chi connectivity index (χ4v) is 2.10. The predicted octanol–water partition coefficient (Wildman–Crippen LogP) is 2.42. The lowest BCUT2D eigenvalue weighted by atomic mass is 10.3. The number of hydrogen-bond donors (Lipinski definition) is 1. The van der Waals surface area contributed by atoms with Crippen LogP contribution in [-0.4, -0.2) is 49.7 Å². The fraction of sp³-hybridized carbons (Fsp3) is 0.467. The number of carbonyl (C=O) groups is 2. The highest BCUT2D eigenvalue weighted by Gasteiger charge is 2.12. The minimum absolute atomic E-state index is 0.122. The van der Waals surface area contributed by atoms with Crippen molar-refractivity contribution in [2.45, 2.75) is 13.8 Å². The highest BCUT2D eigenvalue weighted by molar-refractivity contribution is 9.10. The number of imide groups is 1. The number of nitrogens with zero attached hydrogens (tertiary/aromatic N) is 1. The second-order valence-corrected chi connectivity index (χ2v) is 5.36. The Kier molecular flexibility index (Phi) is 8.54. The third-order valence-corrected chi connectivity index (χ3v) is 3.30. The van der Waals surface area contributed by atoms with E-state index in [-0.39, 0.29) is 19.1 Å².